The van der Waals surface area contributed by atoms with Crippen LogP contribution in [-0.2, 0) is 0 Å². The minimum absolute atomic E-state index is 0.422. The van der Waals surface area contributed by atoms with Crippen LogP contribution in [0.15, 0.2) is 18.3 Å². The predicted molar refractivity (Wildman–Crippen MR) is 58.4 cm³/mol. The standard InChI is InChI=1S/C11H15N3O/c1-3-11(2,15)8-14-10-6-9(7-12)4-5-13-10/h4-6,15H,3,8H2,1-2H3,(H,13,14). The van der Waals surface area contributed by atoms with Crippen LogP contribution in [0.4, 0.5) is 5.82 Å². The molecular weight excluding hydrogens is 190 g/mol. The van der Waals surface area contributed by atoms with Crippen LogP contribution < -0.4 is 5.32 Å². The molecule has 0 spiro atoms. The molecule has 0 bridgehead atoms. The monoisotopic (exact) mass is 205 g/mol. The number of aromatic nitrogens is 1. The minimum atomic E-state index is -0.746. The molecule has 2 N–H and O–H groups in total. The lowest BCUT2D eigenvalue weighted by Gasteiger charge is -2.21. The van der Waals surface area contributed by atoms with Gasteiger partial charge >= 0.3 is 0 Å². The molecule has 1 aromatic rings. The number of nitrogens with zero attached hydrogens (tertiary/aromatic N) is 2. The molecule has 0 radical (unpaired) electrons. The van der Waals surface area contributed by atoms with E-state index in [0.717, 1.165) is 0 Å². The molecule has 15 heavy (non-hydrogen) atoms. The Balaban J connectivity index is 2.62. The van der Waals surface area contributed by atoms with Crippen LogP contribution in [0.5, 0.6) is 0 Å². The quantitative estimate of drug-likeness (QED) is 0.782. The highest BCUT2D eigenvalue weighted by atomic mass is 16.3. The average Bonchev–Trinajstić information content (AvgIpc) is 2.27. The van der Waals surface area contributed by atoms with Crippen molar-refractivity contribution in [3.8, 4) is 6.07 Å². The highest BCUT2D eigenvalue weighted by molar-refractivity contribution is 5.42. The lowest BCUT2D eigenvalue weighted by Crippen LogP contribution is -2.32. The predicted octanol–water partition coefficient (Wildman–Crippen LogP) is 1.53. The van der Waals surface area contributed by atoms with E-state index in [0.29, 0.717) is 24.3 Å². The molecule has 0 saturated carbocycles. The lowest BCUT2D eigenvalue weighted by atomic mass is 10.0. The molecule has 1 rings (SSSR count). The van der Waals surface area contributed by atoms with Gasteiger partial charge in [0.05, 0.1) is 17.2 Å². The largest absolute Gasteiger partial charge is 0.388 e. The Kier molecular flexibility index (Phi) is 3.64. The first-order valence-corrected chi connectivity index (χ1v) is 4.90. The van der Waals surface area contributed by atoms with E-state index in [-0.39, 0.29) is 0 Å². The van der Waals surface area contributed by atoms with Gasteiger partial charge in [-0.3, -0.25) is 0 Å². The SMILES string of the molecule is CCC(C)(O)CNc1cc(C#N)ccn1. The van der Waals surface area contributed by atoms with Crippen molar-refractivity contribution in [1.82, 2.24) is 4.98 Å². The zero-order valence-corrected chi connectivity index (χ0v) is 8.99. The Morgan fingerprint density at radius 2 is 2.40 bits per heavy atom. The second-order valence-corrected chi connectivity index (χ2v) is 3.75. The molecule has 80 valence electrons. The van der Waals surface area contributed by atoms with Crippen LogP contribution >= 0.6 is 0 Å². The normalized spacial score (nSPS) is 14.0. The van der Waals surface area contributed by atoms with E-state index in [1.807, 2.05) is 13.0 Å². The van der Waals surface area contributed by atoms with E-state index >= 15 is 0 Å². The maximum atomic E-state index is 9.76. The molecule has 0 aromatic carbocycles. The van der Waals surface area contributed by atoms with Gasteiger partial charge in [-0.25, -0.2) is 4.98 Å². The molecule has 4 heteroatoms. The van der Waals surface area contributed by atoms with Crippen molar-refractivity contribution in [2.75, 3.05) is 11.9 Å². The van der Waals surface area contributed by atoms with Crippen LogP contribution in [0.3, 0.4) is 0 Å². The third-order valence-electron chi connectivity index (χ3n) is 2.30. The molecule has 0 aliphatic rings. The van der Waals surface area contributed by atoms with E-state index in [1.165, 1.54) is 0 Å². The number of pyridine rings is 1. The lowest BCUT2D eigenvalue weighted by molar-refractivity contribution is 0.0696. The van der Waals surface area contributed by atoms with Gasteiger partial charge in [0.2, 0.25) is 0 Å². The summed E-state index contributed by atoms with van der Waals surface area (Å²) >= 11 is 0. The summed E-state index contributed by atoms with van der Waals surface area (Å²) in [7, 11) is 0. The van der Waals surface area contributed by atoms with Crippen LogP contribution in [0.1, 0.15) is 25.8 Å². The number of nitriles is 1. The van der Waals surface area contributed by atoms with Crippen LogP contribution in [-0.4, -0.2) is 22.2 Å². The third-order valence-corrected chi connectivity index (χ3v) is 2.30. The smallest absolute Gasteiger partial charge is 0.127 e. The van der Waals surface area contributed by atoms with E-state index in [4.69, 9.17) is 5.26 Å². The van der Waals surface area contributed by atoms with Gasteiger partial charge in [0, 0.05) is 12.7 Å². The Hall–Kier alpha value is -1.60. The highest BCUT2D eigenvalue weighted by Crippen LogP contribution is 2.11. The Labute approximate surface area is 89.6 Å². The molecule has 1 atom stereocenters. The first kappa shape index (κ1) is 11.5. The van der Waals surface area contributed by atoms with E-state index in [9.17, 15) is 5.11 Å². The fraction of sp³-hybridized carbons (Fsp3) is 0.455. The van der Waals surface area contributed by atoms with E-state index < -0.39 is 5.60 Å². The molecular formula is C11H15N3O. The number of rotatable bonds is 4. The number of anilines is 1. The first-order valence-electron chi connectivity index (χ1n) is 4.90. The third kappa shape index (κ3) is 3.56. The van der Waals surface area contributed by atoms with Crippen LogP contribution in [0.25, 0.3) is 0 Å². The maximum Gasteiger partial charge on any atom is 0.127 e. The highest BCUT2D eigenvalue weighted by Gasteiger charge is 2.16. The number of nitrogens with one attached hydrogen (secondary N) is 1. The minimum Gasteiger partial charge on any atom is -0.388 e. The van der Waals surface area contributed by atoms with E-state index in [2.05, 4.69) is 10.3 Å². The van der Waals surface area contributed by atoms with Gasteiger partial charge < -0.3 is 10.4 Å². The molecule has 1 heterocycles. The van der Waals surface area contributed by atoms with Crippen LogP contribution in [0.2, 0.25) is 0 Å². The summed E-state index contributed by atoms with van der Waals surface area (Å²) in [6, 6.07) is 5.34. The number of hydrogen-bond acceptors (Lipinski definition) is 4. The van der Waals surface area contributed by atoms with Gasteiger partial charge in [-0.2, -0.15) is 5.26 Å². The second-order valence-electron chi connectivity index (χ2n) is 3.75. The Morgan fingerprint density at radius 1 is 1.67 bits per heavy atom. The van der Waals surface area contributed by atoms with Gasteiger partial charge in [0.1, 0.15) is 5.82 Å². The summed E-state index contributed by atoms with van der Waals surface area (Å²) < 4.78 is 0. The van der Waals surface area contributed by atoms with Crippen molar-refractivity contribution < 1.29 is 5.11 Å². The van der Waals surface area contributed by atoms with Gasteiger partial charge in [0.25, 0.3) is 0 Å². The maximum absolute atomic E-state index is 9.76. The van der Waals surface area contributed by atoms with Gasteiger partial charge in [-0.1, -0.05) is 6.92 Å². The van der Waals surface area contributed by atoms with Crippen molar-refractivity contribution in [3.63, 3.8) is 0 Å². The zero-order valence-electron chi connectivity index (χ0n) is 8.99. The summed E-state index contributed by atoms with van der Waals surface area (Å²) in [6.07, 6.45) is 2.24. The zero-order chi connectivity index (χ0) is 11.3. The fourth-order valence-electron chi connectivity index (χ4n) is 1.00. The van der Waals surface area contributed by atoms with Gasteiger partial charge in [-0.05, 0) is 25.5 Å². The summed E-state index contributed by atoms with van der Waals surface area (Å²) in [5.74, 6) is 0.614. The summed E-state index contributed by atoms with van der Waals surface area (Å²) in [4.78, 5) is 4.05. The van der Waals surface area contributed by atoms with Crippen molar-refractivity contribution >= 4 is 5.82 Å². The van der Waals surface area contributed by atoms with Gasteiger partial charge in [0.15, 0.2) is 0 Å². The summed E-state index contributed by atoms with van der Waals surface area (Å²) in [6.45, 7) is 4.10. The van der Waals surface area contributed by atoms with Crippen LogP contribution in [0, 0.1) is 11.3 Å². The average molecular weight is 205 g/mol. The molecule has 1 aromatic heterocycles. The topological polar surface area (TPSA) is 68.9 Å². The molecule has 0 fully saturated rings. The van der Waals surface area contributed by atoms with E-state index in [1.54, 1.807) is 25.3 Å². The molecule has 0 aliphatic carbocycles. The van der Waals surface area contributed by atoms with Gasteiger partial charge in [-0.15, -0.1) is 0 Å². The molecule has 0 aliphatic heterocycles. The number of aliphatic hydroxyl groups is 1. The molecule has 0 amide bonds. The van der Waals surface area contributed by atoms with Crippen molar-refractivity contribution in [1.29, 1.82) is 5.26 Å². The summed E-state index contributed by atoms with van der Waals surface area (Å²) in [5, 5.41) is 21.4. The molecule has 0 saturated heterocycles. The fourth-order valence-corrected chi connectivity index (χ4v) is 1.00. The first-order chi connectivity index (χ1) is 7.07. The Morgan fingerprint density at radius 3 is 3.00 bits per heavy atom. The van der Waals surface area contributed by atoms with Crippen molar-refractivity contribution in [2.45, 2.75) is 25.9 Å². The van der Waals surface area contributed by atoms with Crippen molar-refractivity contribution in [3.05, 3.63) is 23.9 Å². The van der Waals surface area contributed by atoms with Crippen molar-refractivity contribution in [2.24, 2.45) is 0 Å². The Bertz CT molecular complexity index is 368. The molecule has 4 nitrogen and oxygen atoms in total. The molecule has 1 unspecified atom stereocenters. The summed E-state index contributed by atoms with van der Waals surface area (Å²) in [5.41, 5.74) is -0.187. The second kappa shape index (κ2) is 4.76. The number of hydrogen-bond donors (Lipinski definition) is 2.